The van der Waals surface area contributed by atoms with Crippen LogP contribution in [0.3, 0.4) is 0 Å². The quantitative estimate of drug-likeness (QED) is 0.639. The lowest BCUT2D eigenvalue weighted by Crippen LogP contribution is -2.23. The van der Waals surface area contributed by atoms with Crippen molar-refractivity contribution in [2.45, 2.75) is 32.7 Å². The summed E-state index contributed by atoms with van der Waals surface area (Å²) < 4.78 is 0. The van der Waals surface area contributed by atoms with Crippen LogP contribution in [0.25, 0.3) is 0 Å². The number of rotatable bonds is 3. The van der Waals surface area contributed by atoms with Crippen LogP contribution in [0.1, 0.15) is 26.7 Å². The largest absolute Gasteiger partial charge is 0.330 e. The molecule has 0 bridgehead atoms. The van der Waals surface area contributed by atoms with Gasteiger partial charge in [-0.3, -0.25) is 0 Å². The van der Waals surface area contributed by atoms with E-state index in [0.717, 1.165) is 31.0 Å². The normalized spacial score (nSPS) is 31.6. The lowest BCUT2D eigenvalue weighted by Gasteiger charge is -2.12. The number of nitrogens with one attached hydrogen (secondary N) is 1. The van der Waals surface area contributed by atoms with Gasteiger partial charge in [-0.15, -0.1) is 0 Å². The van der Waals surface area contributed by atoms with E-state index in [9.17, 15) is 0 Å². The van der Waals surface area contributed by atoms with E-state index in [0.29, 0.717) is 0 Å². The minimum atomic E-state index is 0.735. The molecule has 2 heteroatoms. The van der Waals surface area contributed by atoms with E-state index < -0.39 is 0 Å². The van der Waals surface area contributed by atoms with Crippen LogP contribution in [0.4, 0.5) is 0 Å². The second-order valence-corrected chi connectivity index (χ2v) is 4.07. The molecule has 1 rings (SSSR count). The summed E-state index contributed by atoms with van der Waals surface area (Å²) in [5.74, 6) is 1.54. The first-order valence-corrected chi connectivity index (χ1v) is 4.65. The van der Waals surface area contributed by atoms with Gasteiger partial charge in [-0.2, -0.15) is 0 Å². The summed E-state index contributed by atoms with van der Waals surface area (Å²) in [6.45, 7) is 6.53. The molecular formula is C9H20N2. The molecule has 66 valence electrons. The molecule has 1 fully saturated rings. The molecule has 1 heterocycles. The smallest absolute Gasteiger partial charge is 0.00732 e. The Balaban J connectivity index is 2.19. The van der Waals surface area contributed by atoms with E-state index in [-0.39, 0.29) is 0 Å². The average molecular weight is 156 g/mol. The zero-order valence-corrected chi connectivity index (χ0v) is 7.64. The Bertz CT molecular complexity index is 112. The first-order chi connectivity index (χ1) is 5.22. The molecule has 1 aliphatic heterocycles. The standard InChI is InChI=1S/C9H20N2/c1-7(2)3-9-4-8(5-10)6-11-9/h7-9,11H,3-6,10H2,1-2H3/t8-,9-/m1/s1. The van der Waals surface area contributed by atoms with Gasteiger partial charge in [-0.05, 0) is 37.8 Å². The minimum Gasteiger partial charge on any atom is -0.330 e. The van der Waals surface area contributed by atoms with Crippen LogP contribution < -0.4 is 11.1 Å². The Morgan fingerprint density at radius 2 is 2.27 bits per heavy atom. The van der Waals surface area contributed by atoms with E-state index >= 15 is 0 Å². The molecule has 0 saturated carbocycles. The van der Waals surface area contributed by atoms with Gasteiger partial charge < -0.3 is 11.1 Å². The Labute approximate surface area is 69.5 Å². The molecule has 0 aromatic carbocycles. The monoisotopic (exact) mass is 156 g/mol. The fourth-order valence-corrected chi connectivity index (χ4v) is 1.83. The third-order valence-electron chi connectivity index (χ3n) is 2.40. The van der Waals surface area contributed by atoms with Gasteiger partial charge in [0.25, 0.3) is 0 Å². The Kier molecular flexibility index (Phi) is 3.34. The Morgan fingerprint density at radius 1 is 1.55 bits per heavy atom. The maximum Gasteiger partial charge on any atom is 0.00732 e. The molecule has 1 saturated heterocycles. The lowest BCUT2D eigenvalue weighted by molar-refractivity contribution is 0.454. The molecule has 0 radical (unpaired) electrons. The third-order valence-corrected chi connectivity index (χ3v) is 2.40. The Hall–Kier alpha value is -0.0800. The first kappa shape index (κ1) is 9.01. The van der Waals surface area contributed by atoms with Crippen molar-refractivity contribution in [3.8, 4) is 0 Å². The maximum absolute atomic E-state index is 5.59. The van der Waals surface area contributed by atoms with E-state index in [1.165, 1.54) is 12.8 Å². The van der Waals surface area contributed by atoms with Crippen LogP contribution >= 0.6 is 0 Å². The second kappa shape index (κ2) is 4.07. The zero-order chi connectivity index (χ0) is 8.27. The van der Waals surface area contributed by atoms with Gasteiger partial charge in [-0.1, -0.05) is 13.8 Å². The molecule has 2 nitrogen and oxygen atoms in total. The topological polar surface area (TPSA) is 38.0 Å². The summed E-state index contributed by atoms with van der Waals surface area (Å²) in [5, 5.41) is 3.51. The minimum absolute atomic E-state index is 0.735. The fraction of sp³-hybridized carbons (Fsp3) is 1.00. The van der Waals surface area contributed by atoms with Crippen molar-refractivity contribution < 1.29 is 0 Å². The summed E-state index contributed by atoms with van der Waals surface area (Å²) in [6, 6.07) is 0.739. The van der Waals surface area contributed by atoms with Crippen molar-refractivity contribution in [1.82, 2.24) is 5.32 Å². The van der Waals surface area contributed by atoms with Crippen LogP contribution in [0.15, 0.2) is 0 Å². The summed E-state index contributed by atoms with van der Waals surface area (Å²) in [4.78, 5) is 0. The molecule has 0 aliphatic carbocycles. The van der Waals surface area contributed by atoms with Crippen LogP contribution in [0.5, 0.6) is 0 Å². The highest BCUT2D eigenvalue weighted by Gasteiger charge is 2.22. The summed E-state index contributed by atoms with van der Waals surface area (Å²) >= 11 is 0. The summed E-state index contributed by atoms with van der Waals surface area (Å²) in [5.41, 5.74) is 5.59. The molecule has 0 spiro atoms. The van der Waals surface area contributed by atoms with Gasteiger partial charge >= 0.3 is 0 Å². The molecule has 11 heavy (non-hydrogen) atoms. The zero-order valence-electron chi connectivity index (χ0n) is 7.64. The second-order valence-electron chi connectivity index (χ2n) is 4.07. The van der Waals surface area contributed by atoms with E-state index in [1.54, 1.807) is 0 Å². The van der Waals surface area contributed by atoms with Crippen molar-refractivity contribution in [1.29, 1.82) is 0 Å². The van der Waals surface area contributed by atoms with Crippen LogP contribution in [-0.4, -0.2) is 19.1 Å². The summed E-state index contributed by atoms with van der Waals surface area (Å²) in [7, 11) is 0. The van der Waals surface area contributed by atoms with Gasteiger partial charge in [0.2, 0.25) is 0 Å². The highest BCUT2D eigenvalue weighted by atomic mass is 15.0. The summed E-state index contributed by atoms with van der Waals surface area (Å²) in [6.07, 6.45) is 2.59. The molecule has 0 unspecified atom stereocenters. The van der Waals surface area contributed by atoms with Gasteiger partial charge in [0.05, 0.1) is 0 Å². The predicted molar refractivity (Wildman–Crippen MR) is 48.4 cm³/mol. The van der Waals surface area contributed by atoms with E-state index in [4.69, 9.17) is 5.73 Å². The molecule has 0 amide bonds. The van der Waals surface area contributed by atoms with Crippen LogP contribution in [-0.2, 0) is 0 Å². The first-order valence-electron chi connectivity index (χ1n) is 4.65. The molecular weight excluding hydrogens is 136 g/mol. The molecule has 0 aromatic heterocycles. The number of nitrogens with two attached hydrogens (primary N) is 1. The van der Waals surface area contributed by atoms with Crippen molar-refractivity contribution in [3.63, 3.8) is 0 Å². The van der Waals surface area contributed by atoms with Gasteiger partial charge in [0.15, 0.2) is 0 Å². The van der Waals surface area contributed by atoms with Gasteiger partial charge in [0, 0.05) is 6.04 Å². The van der Waals surface area contributed by atoms with Crippen molar-refractivity contribution in [2.75, 3.05) is 13.1 Å². The lowest BCUT2D eigenvalue weighted by atomic mass is 9.99. The van der Waals surface area contributed by atoms with E-state index in [2.05, 4.69) is 19.2 Å². The van der Waals surface area contributed by atoms with Crippen LogP contribution in [0, 0.1) is 11.8 Å². The predicted octanol–water partition coefficient (Wildman–Crippen LogP) is 0.969. The molecule has 1 aliphatic rings. The highest BCUT2D eigenvalue weighted by molar-refractivity contribution is 4.82. The Morgan fingerprint density at radius 3 is 2.73 bits per heavy atom. The number of hydrogen-bond donors (Lipinski definition) is 2. The van der Waals surface area contributed by atoms with Crippen molar-refractivity contribution in [2.24, 2.45) is 17.6 Å². The van der Waals surface area contributed by atoms with Crippen molar-refractivity contribution >= 4 is 0 Å². The van der Waals surface area contributed by atoms with Crippen LogP contribution in [0.2, 0.25) is 0 Å². The highest BCUT2D eigenvalue weighted by Crippen LogP contribution is 2.18. The fourth-order valence-electron chi connectivity index (χ4n) is 1.83. The molecule has 0 aromatic rings. The van der Waals surface area contributed by atoms with Gasteiger partial charge in [0.1, 0.15) is 0 Å². The van der Waals surface area contributed by atoms with Crippen molar-refractivity contribution in [3.05, 3.63) is 0 Å². The molecule has 2 atom stereocenters. The van der Waals surface area contributed by atoms with E-state index in [1.807, 2.05) is 0 Å². The van der Waals surface area contributed by atoms with Gasteiger partial charge in [-0.25, -0.2) is 0 Å². The SMILES string of the molecule is CC(C)C[C@@H]1C[C@H](CN)CN1. The third kappa shape index (κ3) is 2.80. The maximum atomic E-state index is 5.59. The molecule has 3 N–H and O–H groups in total. The number of hydrogen-bond acceptors (Lipinski definition) is 2. The average Bonchev–Trinajstić information content (AvgIpc) is 2.34.